The second kappa shape index (κ2) is 7.69. The first-order valence-electron chi connectivity index (χ1n) is 7.53. The van der Waals surface area contributed by atoms with Gasteiger partial charge in [0.25, 0.3) is 0 Å². The molecular weight excluding hydrogens is 366 g/mol. The fourth-order valence-corrected chi connectivity index (χ4v) is 3.53. The quantitative estimate of drug-likeness (QED) is 0.831. The zero-order chi connectivity index (χ0) is 19.5. The maximum Gasteiger partial charge on any atom is 0.247 e. The lowest BCUT2D eigenvalue weighted by molar-refractivity contribution is -0.116. The van der Waals surface area contributed by atoms with Crippen molar-refractivity contribution in [2.45, 2.75) is 13.0 Å². The Morgan fingerprint density at radius 2 is 1.73 bits per heavy atom. The van der Waals surface area contributed by atoms with Crippen molar-refractivity contribution in [1.82, 2.24) is 0 Å². The number of nitrogens with zero attached hydrogens (tertiary/aromatic N) is 1. The first-order valence-corrected chi connectivity index (χ1v) is 9.37. The summed E-state index contributed by atoms with van der Waals surface area (Å²) >= 11 is 0. The lowest BCUT2D eigenvalue weighted by atomic mass is 10.2. The van der Waals surface area contributed by atoms with Gasteiger partial charge in [0.15, 0.2) is 11.6 Å². The minimum Gasteiger partial charge on any atom is -0.497 e. The van der Waals surface area contributed by atoms with Crippen molar-refractivity contribution < 1.29 is 26.7 Å². The van der Waals surface area contributed by atoms with E-state index in [4.69, 9.17) is 4.74 Å². The average molecular weight is 384 g/mol. The standard InChI is InChI=1S/C17H18F2N2O4S/c1-11(17(22)20-12-4-9-15(18)16(19)10-12)21(26(3,23)24)13-5-7-14(25-2)8-6-13/h4-11H,1-3H3,(H,20,22)/t11-/m1/s1. The minimum absolute atomic E-state index is 0.0175. The van der Waals surface area contributed by atoms with E-state index < -0.39 is 33.6 Å². The molecule has 26 heavy (non-hydrogen) atoms. The van der Waals surface area contributed by atoms with Gasteiger partial charge in [-0.25, -0.2) is 17.2 Å². The largest absolute Gasteiger partial charge is 0.497 e. The summed E-state index contributed by atoms with van der Waals surface area (Å²) in [7, 11) is -2.32. The third kappa shape index (κ3) is 4.48. The topological polar surface area (TPSA) is 75.7 Å². The van der Waals surface area contributed by atoms with Gasteiger partial charge < -0.3 is 10.1 Å². The summed E-state index contributed by atoms with van der Waals surface area (Å²) in [4.78, 5) is 12.4. The number of hydrogen-bond acceptors (Lipinski definition) is 4. The molecule has 1 amide bonds. The maximum atomic E-state index is 13.3. The van der Waals surface area contributed by atoms with Crippen LogP contribution in [0.4, 0.5) is 20.2 Å². The van der Waals surface area contributed by atoms with Crippen molar-refractivity contribution in [3.63, 3.8) is 0 Å². The molecule has 140 valence electrons. The van der Waals surface area contributed by atoms with Gasteiger partial charge in [-0.15, -0.1) is 0 Å². The molecule has 0 heterocycles. The molecule has 0 aliphatic carbocycles. The second-order valence-electron chi connectivity index (χ2n) is 5.55. The van der Waals surface area contributed by atoms with Crippen LogP contribution in [0.3, 0.4) is 0 Å². The Balaban J connectivity index is 2.29. The van der Waals surface area contributed by atoms with E-state index in [1.807, 2.05) is 0 Å². The van der Waals surface area contributed by atoms with Crippen LogP contribution in [-0.4, -0.2) is 33.7 Å². The van der Waals surface area contributed by atoms with E-state index in [1.54, 1.807) is 12.1 Å². The molecule has 2 aromatic rings. The Bertz CT molecular complexity index is 901. The van der Waals surface area contributed by atoms with E-state index in [9.17, 15) is 22.0 Å². The predicted octanol–water partition coefficient (Wildman–Crippen LogP) is 2.77. The highest BCUT2D eigenvalue weighted by molar-refractivity contribution is 7.92. The van der Waals surface area contributed by atoms with E-state index in [0.717, 1.165) is 22.7 Å². The maximum absolute atomic E-state index is 13.3. The molecule has 0 aliphatic rings. The highest BCUT2D eigenvalue weighted by atomic mass is 32.2. The van der Waals surface area contributed by atoms with Crippen LogP contribution in [-0.2, 0) is 14.8 Å². The summed E-state index contributed by atoms with van der Waals surface area (Å²) in [5.74, 6) is -2.34. The number of benzene rings is 2. The van der Waals surface area contributed by atoms with E-state index >= 15 is 0 Å². The second-order valence-corrected chi connectivity index (χ2v) is 7.41. The zero-order valence-electron chi connectivity index (χ0n) is 14.4. The van der Waals surface area contributed by atoms with E-state index in [0.29, 0.717) is 5.75 Å². The summed E-state index contributed by atoms with van der Waals surface area (Å²) in [6.45, 7) is 1.39. The smallest absolute Gasteiger partial charge is 0.247 e. The average Bonchev–Trinajstić information content (AvgIpc) is 2.57. The number of ether oxygens (including phenoxy) is 1. The summed E-state index contributed by atoms with van der Waals surface area (Å²) in [6.07, 6.45) is 0.971. The molecule has 9 heteroatoms. The lowest BCUT2D eigenvalue weighted by Gasteiger charge is -2.28. The molecule has 0 spiro atoms. The fraction of sp³-hybridized carbons (Fsp3) is 0.235. The molecule has 0 saturated carbocycles. The minimum atomic E-state index is -3.79. The van der Waals surface area contributed by atoms with Crippen molar-refractivity contribution in [2.24, 2.45) is 0 Å². The molecule has 0 unspecified atom stereocenters. The molecule has 2 rings (SSSR count). The SMILES string of the molecule is COc1ccc(N([C@H](C)C(=O)Nc2ccc(F)c(F)c2)S(C)(=O)=O)cc1. The summed E-state index contributed by atoms with van der Waals surface area (Å²) < 4.78 is 56.6. The lowest BCUT2D eigenvalue weighted by Crippen LogP contribution is -2.45. The molecule has 0 bridgehead atoms. The van der Waals surface area contributed by atoms with Crippen LogP contribution in [0.1, 0.15) is 6.92 Å². The molecule has 2 aromatic carbocycles. The van der Waals surface area contributed by atoms with Crippen molar-refractivity contribution in [2.75, 3.05) is 23.0 Å². The van der Waals surface area contributed by atoms with Crippen molar-refractivity contribution >= 4 is 27.3 Å². The Morgan fingerprint density at radius 1 is 1.12 bits per heavy atom. The van der Waals surface area contributed by atoms with Gasteiger partial charge >= 0.3 is 0 Å². The van der Waals surface area contributed by atoms with Crippen LogP contribution < -0.4 is 14.4 Å². The van der Waals surface area contributed by atoms with Crippen LogP contribution in [0.15, 0.2) is 42.5 Å². The van der Waals surface area contributed by atoms with E-state index in [-0.39, 0.29) is 11.4 Å². The van der Waals surface area contributed by atoms with E-state index in [2.05, 4.69) is 5.32 Å². The number of sulfonamides is 1. The van der Waals surface area contributed by atoms with Gasteiger partial charge in [0.2, 0.25) is 15.9 Å². The molecular formula is C17H18F2N2O4S. The number of halogens is 2. The fourth-order valence-electron chi connectivity index (χ4n) is 2.36. The normalized spacial score (nSPS) is 12.3. The third-order valence-corrected chi connectivity index (χ3v) is 4.84. The molecule has 1 atom stereocenters. The van der Waals surface area contributed by atoms with Gasteiger partial charge in [-0.05, 0) is 43.3 Å². The Morgan fingerprint density at radius 3 is 2.23 bits per heavy atom. The van der Waals surface area contributed by atoms with Crippen molar-refractivity contribution in [1.29, 1.82) is 0 Å². The molecule has 0 saturated heterocycles. The molecule has 0 aromatic heterocycles. The van der Waals surface area contributed by atoms with E-state index in [1.165, 1.54) is 32.2 Å². The number of carbonyl (C=O) groups is 1. The van der Waals surface area contributed by atoms with Crippen LogP contribution in [0, 0.1) is 11.6 Å². The molecule has 0 radical (unpaired) electrons. The highest BCUT2D eigenvalue weighted by Gasteiger charge is 2.29. The van der Waals surface area contributed by atoms with Gasteiger partial charge in [0.05, 0.1) is 19.1 Å². The number of rotatable bonds is 6. The number of carbonyl (C=O) groups excluding carboxylic acids is 1. The molecule has 0 fully saturated rings. The third-order valence-electron chi connectivity index (χ3n) is 3.60. The van der Waals surface area contributed by atoms with Gasteiger partial charge in [-0.2, -0.15) is 0 Å². The summed E-state index contributed by atoms with van der Waals surface area (Å²) in [5, 5.41) is 2.38. The first kappa shape index (κ1) is 19.6. The van der Waals surface area contributed by atoms with Crippen molar-refractivity contribution in [3.8, 4) is 5.75 Å². The Kier molecular flexibility index (Phi) is 5.81. The number of hydrogen-bond donors (Lipinski definition) is 1. The van der Waals surface area contributed by atoms with Gasteiger partial charge in [-0.1, -0.05) is 0 Å². The molecule has 0 aliphatic heterocycles. The number of nitrogens with one attached hydrogen (secondary N) is 1. The number of amides is 1. The van der Waals surface area contributed by atoms with Crippen LogP contribution in [0.5, 0.6) is 5.75 Å². The predicted molar refractivity (Wildman–Crippen MR) is 94.8 cm³/mol. The molecule has 6 nitrogen and oxygen atoms in total. The van der Waals surface area contributed by atoms with Crippen LogP contribution in [0.2, 0.25) is 0 Å². The van der Waals surface area contributed by atoms with Crippen LogP contribution in [0.25, 0.3) is 0 Å². The summed E-state index contributed by atoms with van der Waals surface area (Å²) in [5.41, 5.74) is 0.283. The van der Waals surface area contributed by atoms with Gasteiger partial charge in [-0.3, -0.25) is 9.10 Å². The highest BCUT2D eigenvalue weighted by Crippen LogP contribution is 2.24. The van der Waals surface area contributed by atoms with Crippen LogP contribution >= 0.6 is 0 Å². The van der Waals surface area contributed by atoms with Crippen molar-refractivity contribution in [3.05, 3.63) is 54.1 Å². The Hall–Kier alpha value is -2.68. The zero-order valence-corrected chi connectivity index (χ0v) is 15.2. The number of anilines is 2. The Labute approximate surface area is 150 Å². The number of methoxy groups -OCH3 is 1. The molecule has 1 N–H and O–H groups in total. The first-order chi connectivity index (χ1) is 12.1. The van der Waals surface area contributed by atoms with Gasteiger partial charge in [0.1, 0.15) is 11.8 Å². The monoisotopic (exact) mass is 384 g/mol. The van der Waals surface area contributed by atoms with Gasteiger partial charge in [0, 0.05) is 11.8 Å². The summed E-state index contributed by atoms with van der Waals surface area (Å²) in [6, 6.07) is 7.86.